The van der Waals surface area contributed by atoms with Crippen LogP contribution in [-0.4, -0.2) is 10.9 Å². The maximum atomic E-state index is 11.3. The van der Waals surface area contributed by atoms with Gasteiger partial charge in [0.1, 0.15) is 0 Å². The number of anilines is 1. The zero-order chi connectivity index (χ0) is 13.2. The van der Waals surface area contributed by atoms with Crippen molar-refractivity contribution in [1.82, 2.24) is 4.98 Å². The molecule has 0 bridgehead atoms. The summed E-state index contributed by atoms with van der Waals surface area (Å²) in [6, 6.07) is 9.76. The number of pyridine rings is 1. The molecule has 1 N–H and O–H groups in total. The van der Waals surface area contributed by atoms with Gasteiger partial charge in [-0.3, -0.25) is 9.78 Å². The highest BCUT2D eigenvalue weighted by atomic mass is 35.5. The van der Waals surface area contributed by atoms with Crippen LogP contribution in [0.3, 0.4) is 0 Å². The zero-order valence-corrected chi connectivity index (χ0v) is 11.1. The number of fused-ring (bicyclic) bond motifs is 1. The normalized spacial score (nSPS) is 13.8. The number of benzene rings is 1. The summed E-state index contributed by atoms with van der Waals surface area (Å²) in [4.78, 5) is 15.7. The van der Waals surface area contributed by atoms with Crippen molar-refractivity contribution in [3.05, 3.63) is 58.4 Å². The number of aromatic nitrogens is 1. The van der Waals surface area contributed by atoms with Crippen molar-refractivity contribution in [3.8, 4) is 0 Å². The minimum atomic E-state index is 0.0565. The summed E-state index contributed by atoms with van der Waals surface area (Å²) >= 11 is 6.28. The van der Waals surface area contributed by atoms with Gasteiger partial charge in [0.25, 0.3) is 0 Å². The minimum absolute atomic E-state index is 0.0565. The van der Waals surface area contributed by atoms with Crippen LogP contribution in [0.2, 0.25) is 5.02 Å². The Morgan fingerprint density at radius 3 is 2.95 bits per heavy atom. The number of hydrogen-bond donors (Lipinski definition) is 1. The topological polar surface area (TPSA) is 42.0 Å². The van der Waals surface area contributed by atoms with E-state index in [4.69, 9.17) is 11.6 Å². The second kappa shape index (κ2) is 5.02. The van der Waals surface area contributed by atoms with Crippen molar-refractivity contribution in [2.45, 2.75) is 19.3 Å². The lowest BCUT2D eigenvalue weighted by atomic mass is 9.98. The molecule has 0 fully saturated rings. The van der Waals surface area contributed by atoms with Crippen molar-refractivity contribution >= 4 is 23.2 Å². The number of aryl methyl sites for hydroxylation is 1. The minimum Gasteiger partial charge on any atom is -0.326 e. The molecular weight excluding hydrogens is 260 g/mol. The maximum Gasteiger partial charge on any atom is 0.224 e. The van der Waals surface area contributed by atoms with Crippen LogP contribution in [0.4, 0.5) is 5.69 Å². The fourth-order valence-electron chi connectivity index (χ4n) is 2.29. The molecule has 1 aromatic heterocycles. The van der Waals surface area contributed by atoms with Crippen LogP contribution in [0, 0.1) is 0 Å². The van der Waals surface area contributed by atoms with Gasteiger partial charge in [-0.25, -0.2) is 0 Å². The number of amides is 1. The highest BCUT2D eigenvalue weighted by molar-refractivity contribution is 6.31. The van der Waals surface area contributed by atoms with E-state index in [1.165, 1.54) is 0 Å². The van der Waals surface area contributed by atoms with E-state index in [2.05, 4.69) is 16.4 Å². The molecule has 1 aliphatic heterocycles. The number of carbonyl (C=O) groups excluding carboxylic acids is 1. The highest BCUT2D eigenvalue weighted by Gasteiger charge is 2.17. The van der Waals surface area contributed by atoms with Gasteiger partial charge in [-0.1, -0.05) is 23.7 Å². The summed E-state index contributed by atoms with van der Waals surface area (Å²) in [6.07, 6.45) is 3.80. The van der Waals surface area contributed by atoms with Gasteiger partial charge < -0.3 is 5.32 Å². The summed E-state index contributed by atoms with van der Waals surface area (Å²) in [5.74, 6) is 0.0565. The average molecular weight is 273 g/mol. The highest BCUT2D eigenvalue weighted by Crippen LogP contribution is 2.30. The molecule has 1 aromatic carbocycles. The van der Waals surface area contributed by atoms with Crippen molar-refractivity contribution in [2.75, 3.05) is 5.32 Å². The molecule has 4 heteroatoms. The standard InChI is InChI=1S/C15H13ClN2O/c16-13-9-14-10(4-5-15(19)18-14)7-11(13)8-12-3-1-2-6-17-12/h1-3,6-7,9H,4-5,8H2,(H,18,19). The molecule has 19 heavy (non-hydrogen) atoms. The third-order valence-corrected chi connectivity index (χ3v) is 3.62. The van der Waals surface area contributed by atoms with Crippen LogP contribution in [0.5, 0.6) is 0 Å². The van der Waals surface area contributed by atoms with E-state index < -0.39 is 0 Å². The lowest BCUT2D eigenvalue weighted by Gasteiger charge is -2.18. The molecule has 1 aliphatic rings. The van der Waals surface area contributed by atoms with Crippen LogP contribution >= 0.6 is 11.6 Å². The molecular formula is C15H13ClN2O. The molecule has 0 aliphatic carbocycles. The molecule has 0 unspecified atom stereocenters. The second-order valence-corrected chi connectivity index (χ2v) is 5.05. The van der Waals surface area contributed by atoms with Crippen molar-refractivity contribution in [1.29, 1.82) is 0 Å². The molecule has 0 radical (unpaired) electrons. The zero-order valence-electron chi connectivity index (χ0n) is 10.3. The first-order valence-corrected chi connectivity index (χ1v) is 6.61. The lowest BCUT2D eigenvalue weighted by molar-refractivity contribution is -0.116. The Morgan fingerprint density at radius 1 is 1.26 bits per heavy atom. The molecule has 3 rings (SSSR count). The van der Waals surface area contributed by atoms with E-state index in [0.29, 0.717) is 17.9 Å². The van der Waals surface area contributed by atoms with Gasteiger partial charge in [-0.2, -0.15) is 0 Å². The van der Waals surface area contributed by atoms with E-state index in [0.717, 1.165) is 28.9 Å². The van der Waals surface area contributed by atoms with Crippen LogP contribution < -0.4 is 5.32 Å². The van der Waals surface area contributed by atoms with E-state index in [-0.39, 0.29) is 5.91 Å². The maximum absolute atomic E-state index is 11.3. The van der Waals surface area contributed by atoms with Gasteiger partial charge in [-0.15, -0.1) is 0 Å². The summed E-state index contributed by atoms with van der Waals surface area (Å²) in [5.41, 5.74) is 4.03. The van der Waals surface area contributed by atoms with Gasteiger partial charge in [-0.05, 0) is 35.7 Å². The van der Waals surface area contributed by atoms with Crippen LogP contribution in [0.1, 0.15) is 23.2 Å². The van der Waals surface area contributed by atoms with E-state index >= 15 is 0 Å². The fourth-order valence-corrected chi connectivity index (χ4v) is 2.52. The Labute approximate surface area is 116 Å². The number of hydrogen-bond acceptors (Lipinski definition) is 2. The molecule has 0 saturated carbocycles. The number of carbonyl (C=O) groups is 1. The Morgan fingerprint density at radius 2 is 2.16 bits per heavy atom. The van der Waals surface area contributed by atoms with Crippen molar-refractivity contribution < 1.29 is 4.79 Å². The van der Waals surface area contributed by atoms with Crippen molar-refractivity contribution in [3.63, 3.8) is 0 Å². The molecule has 96 valence electrons. The van der Waals surface area contributed by atoms with E-state index in [1.54, 1.807) is 6.20 Å². The van der Waals surface area contributed by atoms with Crippen molar-refractivity contribution in [2.24, 2.45) is 0 Å². The fraction of sp³-hybridized carbons (Fsp3) is 0.200. The molecule has 0 saturated heterocycles. The molecule has 1 amide bonds. The number of rotatable bonds is 2. The summed E-state index contributed by atoms with van der Waals surface area (Å²) in [6.45, 7) is 0. The first-order valence-electron chi connectivity index (χ1n) is 6.23. The van der Waals surface area contributed by atoms with Gasteiger partial charge in [0.15, 0.2) is 0 Å². The smallest absolute Gasteiger partial charge is 0.224 e. The predicted molar refractivity (Wildman–Crippen MR) is 75.4 cm³/mol. The summed E-state index contributed by atoms with van der Waals surface area (Å²) in [5, 5.41) is 3.53. The second-order valence-electron chi connectivity index (χ2n) is 4.65. The molecule has 0 atom stereocenters. The first kappa shape index (κ1) is 12.2. The summed E-state index contributed by atoms with van der Waals surface area (Å²) < 4.78 is 0. The van der Waals surface area contributed by atoms with E-state index in [1.807, 2.05) is 24.3 Å². The van der Waals surface area contributed by atoms with Gasteiger partial charge in [0.05, 0.1) is 0 Å². The number of nitrogens with one attached hydrogen (secondary N) is 1. The third kappa shape index (κ3) is 2.61. The Hall–Kier alpha value is -1.87. The first-order chi connectivity index (χ1) is 9.22. The van der Waals surface area contributed by atoms with Gasteiger partial charge in [0, 0.05) is 35.4 Å². The predicted octanol–water partition coefficient (Wildman–Crippen LogP) is 3.21. The van der Waals surface area contributed by atoms with Crippen LogP contribution in [-0.2, 0) is 17.6 Å². The van der Waals surface area contributed by atoms with Crippen LogP contribution in [0.25, 0.3) is 0 Å². The molecule has 2 aromatic rings. The molecule has 2 heterocycles. The number of halogens is 1. The summed E-state index contributed by atoms with van der Waals surface area (Å²) in [7, 11) is 0. The van der Waals surface area contributed by atoms with Gasteiger partial charge >= 0.3 is 0 Å². The Bertz CT molecular complexity index is 626. The van der Waals surface area contributed by atoms with E-state index in [9.17, 15) is 4.79 Å². The Balaban J connectivity index is 1.93. The van der Waals surface area contributed by atoms with Crippen LogP contribution in [0.15, 0.2) is 36.5 Å². The Kier molecular flexibility index (Phi) is 3.22. The van der Waals surface area contributed by atoms with Gasteiger partial charge in [0.2, 0.25) is 5.91 Å². The lowest BCUT2D eigenvalue weighted by Crippen LogP contribution is -2.19. The monoisotopic (exact) mass is 272 g/mol. The molecule has 0 spiro atoms. The third-order valence-electron chi connectivity index (χ3n) is 3.27. The average Bonchev–Trinajstić information content (AvgIpc) is 2.41. The number of nitrogens with zero attached hydrogens (tertiary/aromatic N) is 1. The largest absolute Gasteiger partial charge is 0.326 e. The molecule has 3 nitrogen and oxygen atoms in total. The SMILES string of the molecule is O=C1CCc2cc(Cc3ccccn3)c(Cl)cc2N1. The quantitative estimate of drug-likeness (QED) is 0.912.